The first kappa shape index (κ1) is 12.0. The molecule has 5 heteroatoms. The van der Waals surface area contributed by atoms with Gasteiger partial charge in [-0.15, -0.1) is 0 Å². The highest BCUT2D eigenvalue weighted by Crippen LogP contribution is 2.03. The Morgan fingerprint density at radius 3 is 2.69 bits per heavy atom. The number of aliphatic imine (C=N–C) groups is 1. The zero-order valence-electron chi connectivity index (χ0n) is 9.23. The summed E-state index contributed by atoms with van der Waals surface area (Å²) >= 11 is 0. The van der Waals surface area contributed by atoms with E-state index in [4.69, 9.17) is 5.73 Å². The molecule has 1 amide bonds. The number of hydrogen-bond acceptors (Lipinski definition) is 2. The fourth-order valence-electron chi connectivity index (χ4n) is 1.12. The number of guanidine groups is 1. The van der Waals surface area contributed by atoms with Gasteiger partial charge in [0.15, 0.2) is 5.96 Å². The quantitative estimate of drug-likeness (QED) is 0.394. The van der Waals surface area contributed by atoms with Crippen LogP contribution in [0.4, 0.5) is 5.69 Å². The molecular weight excluding hydrogens is 204 g/mol. The molecule has 1 rings (SSSR count). The Labute approximate surface area is 94.8 Å². The van der Waals surface area contributed by atoms with Crippen molar-refractivity contribution in [1.82, 2.24) is 5.32 Å². The molecule has 0 unspecified atom stereocenters. The Balaban J connectivity index is 2.32. The first-order chi connectivity index (χ1) is 7.68. The molecule has 0 spiro atoms. The number of nitrogens with two attached hydrogens (primary N) is 1. The zero-order valence-corrected chi connectivity index (χ0v) is 9.23. The average Bonchev–Trinajstić information content (AvgIpc) is 2.25. The minimum atomic E-state index is -0.0650. The molecule has 0 saturated heterocycles. The Kier molecular flexibility index (Phi) is 4.85. The van der Waals surface area contributed by atoms with Crippen LogP contribution in [-0.4, -0.2) is 25.0 Å². The lowest BCUT2D eigenvalue weighted by Crippen LogP contribution is -2.26. The number of hydrogen-bond donors (Lipinski definition) is 3. The van der Waals surface area contributed by atoms with Crippen LogP contribution < -0.4 is 16.4 Å². The minimum absolute atomic E-state index is 0.0650. The molecule has 5 nitrogen and oxygen atoms in total. The van der Waals surface area contributed by atoms with E-state index < -0.39 is 0 Å². The molecule has 16 heavy (non-hydrogen) atoms. The lowest BCUT2D eigenvalue weighted by atomic mass is 10.3. The number of nitrogens with zero attached hydrogens (tertiary/aromatic N) is 1. The number of benzene rings is 1. The fraction of sp³-hybridized carbons (Fsp3) is 0.273. The number of rotatable bonds is 4. The van der Waals surface area contributed by atoms with E-state index in [-0.39, 0.29) is 5.91 Å². The third-order valence-electron chi connectivity index (χ3n) is 1.81. The summed E-state index contributed by atoms with van der Waals surface area (Å²) in [5.41, 5.74) is 6.54. The van der Waals surface area contributed by atoms with Crippen LogP contribution in [0, 0.1) is 0 Å². The van der Waals surface area contributed by atoms with E-state index in [1.165, 1.54) is 6.92 Å². The standard InChI is InChI=1S/C11H16N4O/c1-9(16)13-7-8-14-11(12)15-10-5-3-2-4-6-10/h2-6H,7-8H2,1H3,(H,13,16)(H3,12,14,15). The fourth-order valence-corrected chi connectivity index (χ4v) is 1.12. The second kappa shape index (κ2) is 6.44. The summed E-state index contributed by atoms with van der Waals surface area (Å²) in [6.07, 6.45) is 0. The molecule has 1 aromatic rings. The summed E-state index contributed by atoms with van der Waals surface area (Å²) < 4.78 is 0. The molecule has 0 saturated carbocycles. The number of carbonyl (C=O) groups excluding carboxylic acids is 1. The normalized spacial score (nSPS) is 10.9. The van der Waals surface area contributed by atoms with Gasteiger partial charge >= 0.3 is 0 Å². The van der Waals surface area contributed by atoms with E-state index >= 15 is 0 Å². The minimum Gasteiger partial charge on any atom is -0.370 e. The number of anilines is 1. The van der Waals surface area contributed by atoms with Crippen molar-refractivity contribution in [2.75, 3.05) is 18.4 Å². The molecule has 0 fully saturated rings. The molecule has 0 bridgehead atoms. The van der Waals surface area contributed by atoms with E-state index in [2.05, 4.69) is 15.6 Å². The van der Waals surface area contributed by atoms with Gasteiger partial charge in [0.25, 0.3) is 0 Å². The highest BCUT2D eigenvalue weighted by Gasteiger charge is 1.93. The van der Waals surface area contributed by atoms with Gasteiger partial charge in [-0.2, -0.15) is 0 Å². The summed E-state index contributed by atoms with van der Waals surface area (Å²) in [6.45, 7) is 2.42. The topological polar surface area (TPSA) is 79.5 Å². The second-order valence-electron chi connectivity index (χ2n) is 3.24. The van der Waals surface area contributed by atoms with Crippen LogP contribution in [0.5, 0.6) is 0 Å². The van der Waals surface area contributed by atoms with Crippen molar-refractivity contribution in [3.05, 3.63) is 30.3 Å². The monoisotopic (exact) mass is 220 g/mol. The van der Waals surface area contributed by atoms with E-state index in [1.54, 1.807) is 0 Å². The van der Waals surface area contributed by atoms with Crippen molar-refractivity contribution >= 4 is 17.6 Å². The number of nitrogens with one attached hydrogen (secondary N) is 2. The van der Waals surface area contributed by atoms with Crippen LogP contribution in [0.25, 0.3) is 0 Å². The van der Waals surface area contributed by atoms with Crippen molar-refractivity contribution < 1.29 is 4.79 Å². The average molecular weight is 220 g/mol. The molecule has 0 aliphatic heterocycles. The Hall–Kier alpha value is -2.04. The van der Waals surface area contributed by atoms with E-state index in [9.17, 15) is 4.79 Å². The van der Waals surface area contributed by atoms with Gasteiger partial charge in [-0.1, -0.05) is 18.2 Å². The predicted octanol–water partition coefficient (Wildman–Crippen LogP) is 0.549. The first-order valence-electron chi connectivity index (χ1n) is 5.05. The smallest absolute Gasteiger partial charge is 0.216 e. The number of carbonyl (C=O) groups is 1. The second-order valence-corrected chi connectivity index (χ2v) is 3.24. The van der Waals surface area contributed by atoms with Gasteiger partial charge in [-0.25, -0.2) is 0 Å². The maximum atomic E-state index is 10.6. The van der Waals surface area contributed by atoms with Gasteiger partial charge in [-0.05, 0) is 12.1 Å². The Morgan fingerprint density at radius 1 is 1.38 bits per heavy atom. The molecule has 0 aliphatic rings. The molecule has 0 atom stereocenters. The highest BCUT2D eigenvalue weighted by molar-refractivity contribution is 5.92. The highest BCUT2D eigenvalue weighted by atomic mass is 16.1. The number of amides is 1. The molecular formula is C11H16N4O. The van der Waals surface area contributed by atoms with E-state index in [0.29, 0.717) is 19.0 Å². The first-order valence-corrected chi connectivity index (χ1v) is 5.05. The third kappa shape index (κ3) is 4.99. The predicted molar refractivity (Wildman–Crippen MR) is 65.2 cm³/mol. The zero-order chi connectivity index (χ0) is 11.8. The van der Waals surface area contributed by atoms with Crippen molar-refractivity contribution in [3.63, 3.8) is 0 Å². The van der Waals surface area contributed by atoms with Gasteiger partial charge in [-0.3, -0.25) is 9.79 Å². The van der Waals surface area contributed by atoms with Crippen LogP contribution in [0.1, 0.15) is 6.92 Å². The van der Waals surface area contributed by atoms with E-state index in [1.807, 2.05) is 30.3 Å². The molecule has 86 valence electrons. The van der Waals surface area contributed by atoms with Gasteiger partial charge in [0.05, 0.1) is 6.54 Å². The summed E-state index contributed by atoms with van der Waals surface area (Å²) in [6, 6.07) is 9.54. The van der Waals surface area contributed by atoms with Crippen molar-refractivity contribution in [2.24, 2.45) is 10.7 Å². The lowest BCUT2D eigenvalue weighted by Gasteiger charge is -2.05. The van der Waals surface area contributed by atoms with Crippen LogP contribution in [0.3, 0.4) is 0 Å². The maximum absolute atomic E-state index is 10.6. The summed E-state index contributed by atoms with van der Waals surface area (Å²) in [5.74, 6) is 0.279. The Bertz CT molecular complexity index is 362. The molecule has 0 aromatic heterocycles. The van der Waals surface area contributed by atoms with Crippen molar-refractivity contribution in [2.45, 2.75) is 6.92 Å². The summed E-state index contributed by atoms with van der Waals surface area (Å²) in [7, 11) is 0. The third-order valence-corrected chi connectivity index (χ3v) is 1.81. The van der Waals surface area contributed by atoms with Crippen LogP contribution in [-0.2, 0) is 4.79 Å². The van der Waals surface area contributed by atoms with Crippen LogP contribution in [0.2, 0.25) is 0 Å². The Morgan fingerprint density at radius 2 is 2.06 bits per heavy atom. The van der Waals surface area contributed by atoms with E-state index in [0.717, 1.165) is 5.69 Å². The molecule has 0 heterocycles. The van der Waals surface area contributed by atoms with Gasteiger partial charge in [0.1, 0.15) is 0 Å². The van der Waals surface area contributed by atoms with Crippen molar-refractivity contribution in [1.29, 1.82) is 0 Å². The maximum Gasteiger partial charge on any atom is 0.216 e. The molecule has 0 aliphatic carbocycles. The van der Waals surface area contributed by atoms with Crippen LogP contribution in [0.15, 0.2) is 35.3 Å². The summed E-state index contributed by atoms with van der Waals surface area (Å²) in [5, 5.41) is 5.58. The largest absolute Gasteiger partial charge is 0.370 e. The molecule has 4 N–H and O–H groups in total. The van der Waals surface area contributed by atoms with Gasteiger partial charge in [0.2, 0.25) is 5.91 Å². The van der Waals surface area contributed by atoms with Crippen LogP contribution >= 0.6 is 0 Å². The molecule has 0 radical (unpaired) electrons. The lowest BCUT2D eigenvalue weighted by molar-refractivity contribution is -0.118. The van der Waals surface area contributed by atoms with Gasteiger partial charge in [0, 0.05) is 19.2 Å². The SMILES string of the molecule is CC(=O)NCCN=C(N)Nc1ccccc1. The molecule has 1 aromatic carbocycles. The van der Waals surface area contributed by atoms with Crippen molar-refractivity contribution in [3.8, 4) is 0 Å². The van der Waals surface area contributed by atoms with Gasteiger partial charge < -0.3 is 16.4 Å². The summed E-state index contributed by atoms with van der Waals surface area (Å²) in [4.78, 5) is 14.6. The number of para-hydroxylation sites is 1.